The first-order valence-electron chi connectivity index (χ1n) is 27.7. The fraction of sp³-hybridized carbons (Fsp3) is 0.483. The second-order valence-corrected chi connectivity index (χ2v) is 22.3. The smallest absolute Gasteiger partial charge is 0.335 e. The summed E-state index contributed by atoms with van der Waals surface area (Å²) in [5.41, 5.74) is 2.58. The molecule has 1 aromatic heterocycles. The first kappa shape index (κ1) is 62.3. The summed E-state index contributed by atoms with van der Waals surface area (Å²) in [6.07, 6.45) is -0.0153. The van der Waals surface area contributed by atoms with E-state index in [-0.39, 0.29) is 30.4 Å². The highest BCUT2D eigenvalue weighted by atomic mass is 16.6. The number of hydrogen-bond donors (Lipinski definition) is 11. The largest absolute Gasteiger partial charge is 0.496 e. The first-order chi connectivity index (χ1) is 39.8. The van der Waals surface area contributed by atoms with Gasteiger partial charge < -0.3 is 75.4 Å². The molecular formula is C60H73N5O19. The number of aromatic amines is 1. The lowest BCUT2D eigenvalue weighted by molar-refractivity contribution is -0.216. The number of fused-ring (bicyclic) bond motifs is 6. The Labute approximate surface area is 483 Å². The van der Waals surface area contributed by atoms with E-state index in [9.17, 15) is 33.9 Å². The molecule has 2 fully saturated rings. The van der Waals surface area contributed by atoms with Gasteiger partial charge in [0.25, 0.3) is 5.91 Å². The number of hydrogen-bond acceptors (Lipinski definition) is 18. The number of carboxylic acid groups (broad SMARTS) is 4. The minimum absolute atomic E-state index is 0.0300. The number of methoxy groups -OCH3 is 2. The van der Waals surface area contributed by atoms with Crippen molar-refractivity contribution in [2.75, 3.05) is 65.4 Å². The summed E-state index contributed by atoms with van der Waals surface area (Å²) in [5.74, 6) is -7.70. The van der Waals surface area contributed by atoms with Crippen molar-refractivity contribution >= 4 is 58.3 Å². The summed E-state index contributed by atoms with van der Waals surface area (Å²) in [7, 11) is 5.14. The number of esters is 2. The number of rotatable bonds is 15. The Balaban J connectivity index is 0.000000394. The summed E-state index contributed by atoms with van der Waals surface area (Å²) in [4.78, 5) is 92.7. The number of aromatic nitrogens is 1. The van der Waals surface area contributed by atoms with Crippen LogP contribution < -0.4 is 15.0 Å². The van der Waals surface area contributed by atoms with Gasteiger partial charge in [0.05, 0.1) is 26.8 Å². The standard InChI is InChI=1S/C52H61N5O7.2C4H6O6/c1-7-33-25-34-28-51(48(60)63-6,43-37(19-23-56(29-33)30-34)36-17-12-13-18-40(36)54-43)39-26-38-41(27-42(39)62-5)55(4)46-50(38)21-24-57-22-14-20-49(8-2,45(50)57)47(64-32(3)58)52(46,61)31-53-44(59)35-15-10-9-11-16-35;2*5-1(3(7)8)2(6)4(9)10/h9-18,20,25-27,34,45-47,54,61H,7-8,19,21-24,28-31H2,1-6H3,(H,53,59);2*1-2,5-6H,(H,7,8)(H,9,10)/t34-,45-,46+,47+,49+,50+,51-,52-;;/m0../s1. The zero-order valence-corrected chi connectivity index (χ0v) is 47.4. The number of amides is 1. The number of para-hydroxylation sites is 1. The zero-order chi connectivity index (χ0) is 61.4. The van der Waals surface area contributed by atoms with Gasteiger partial charge in [0.1, 0.15) is 22.9 Å². The van der Waals surface area contributed by atoms with Crippen molar-refractivity contribution in [3.8, 4) is 5.75 Å². The lowest BCUT2D eigenvalue weighted by Gasteiger charge is -2.64. The van der Waals surface area contributed by atoms with Gasteiger partial charge in [-0.1, -0.05) is 74.0 Å². The molecule has 6 aliphatic rings. The van der Waals surface area contributed by atoms with E-state index in [1.165, 1.54) is 19.6 Å². The van der Waals surface area contributed by atoms with E-state index in [1.54, 1.807) is 19.2 Å². The number of likely N-dealkylation sites (N-methyl/N-ethyl adjacent to an activating group) is 1. The quantitative estimate of drug-likeness (QED) is 0.0597. The molecular weight excluding hydrogens is 1090 g/mol. The van der Waals surface area contributed by atoms with Gasteiger partial charge in [0, 0.05) is 96.5 Å². The van der Waals surface area contributed by atoms with E-state index in [2.05, 4.69) is 87.4 Å². The van der Waals surface area contributed by atoms with Crippen molar-refractivity contribution in [1.82, 2.24) is 20.1 Å². The van der Waals surface area contributed by atoms with E-state index in [4.69, 9.17) is 55.1 Å². The van der Waals surface area contributed by atoms with Crippen LogP contribution in [0.15, 0.2) is 90.5 Å². The zero-order valence-electron chi connectivity index (χ0n) is 47.4. The Bertz CT molecular complexity index is 3190. The third-order valence-corrected chi connectivity index (χ3v) is 17.8. The highest BCUT2D eigenvalue weighted by molar-refractivity contribution is 5.95. The van der Waals surface area contributed by atoms with E-state index >= 15 is 4.79 Å². The molecule has 3 aromatic carbocycles. The molecule has 1 saturated heterocycles. The molecule has 1 saturated carbocycles. The molecule has 2 bridgehead atoms. The van der Waals surface area contributed by atoms with Crippen LogP contribution in [0, 0.1) is 11.3 Å². The SMILES string of the molecule is CCC1=C[C@@H]2CN(CCc3c([nH]c4ccccc34)[C@@](C(=O)OC)(c3cc4c(cc3OC)N(C)[C@H]3[C@@](O)(CNC(=O)c5ccccc5)[C@H](OC(C)=O)[C@]5(CC)C=CCN6CC[C@]43[C@@H]65)C2)C1.O=C(O)C(O)C(O)C(=O)O.O=C(O)C(O)C(O)C(=O)O. The lowest BCUT2D eigenvalue weighted by Crippen LogP contribution is -2.81. The molecule has 24 heteroatoms. The van der Waals surface area contributed by atoms with Crippen molar-refractivity contribution < 1.29 is 93.7 Å². The number of nitrogens with one attached hydrogen (secondary N) is 2. The molecule has 4 aromatic rings. The van der Waals surface area contributed by atoms with Crippen LogP contribution in [0.25, 0.3) is 10.9 Å². The molecule has 13 atom stereocenters. The summed E-state index contributed by atoms with van der Waals surface area (Å²) in [6.45, 7) is 9.53. The number of carbonyl (C=O) groups is 7. The van der Waals surface area contributed by atoms with Gasteiger partial charge in [0.15, 0.2) is 24.4 Å². The van der Waals surface area contributed by atoms with Gasteiger partial charge in [-0.15, -0.1) is 0 Å². The number of H-pyrrole nitrogens is 1. The van der Waals surface area contributed by atoms with Gasteiger partial charge in [-0.05, 0) is 80.0 Å². The number of carboxylic acids is 4. The molecule has 5 aliphatic heterocycles. The van der Waals surface area contributed by atoms with Crippen molar-refractivity contribution in [3.63, 3.8) is 0 Å². The number of aliphatic carboxylic acids is 4. The number of ether oxygens (including phenoxy) is 3. The van der Waals surface area contributed by atoms with E-state index in [0.29, 0.717) is 37.1 Å². The van der Waals surface area contributed by atoms with Gasteiger partial charge >= 0.3 is 35.8 Å². The number of nitrogens with zero attached hydrogens (tertiary/aromatic N) is 3. The molecule has 6 heterocycles. The topological polar surface area (TPSA) is 367 Å². The first-order valence-corrected chi connectivity index (χ1v) is 27.7. The Kier molecular flexibility index (Phi) is 18.2. The molecule has 452 valence electrons. The van der Waals surface area contributed by atoms with Crippen molar-refractivity contribution in [1.29, 1.82) is 0 Å². The molecule has 24 nitrogen and oxygen atoms in total. The van der Waals surface area contributed by atoms with Gasteiger partial charge in [-0.3, -0.25) is 24.2 Å². The van der Waals surface area contributed by atoms with Crippen LogP contribution in [0.4, 0.5) is 5.69 Å². The predicted octanol–water partition coefficient (Wildman–Crippen LogP) is 1.81. The minimum Gasteiger partial charge on any atom is -0.496 e. The van der Waals surface area contributed by atoms with Crippen molar-refractivity contribution in [3.05, 3.63) is 118 Å². The maximum Gasteiger partial charge on any atom is 0.335 e. The highest BCUT2D eigenvalue weighted by Crippen LogP contribution is 2.68. The van der Waals surface area contributed by atoms with Gasteiger partial charge in [-0.2, -0.15) is 0 Å². The molecule has 1 aliphatic carbocycles. The van der Waals surface area contributed by atoms with Crippen LogP contribution in [0.1, 0.15) is 79.2 Å². The molecule has 1 amide bonds. The van der Waals surface area contributed by atoms with Crippen LogP contribution in [-0.2, 0) is 55.5 Å². The second kappa shape index (κ2) is 24.5. The number of anilines is 1. The summed E-state index contributed by atoms with van der Waals surface area (Å²) < 4.78 is 18.9. The van der Waals surface area contributed by atoms with Crippen molar-refractivity contribution in [2.24, 2.45) is 11.3 Å². The number of benzene rings is 3. The summed E-state index contributed by atoms with van der Waals surface area (Å²) in [6, 6.07) is 20.7. The normalized spacial score (nSPS) is 28.5. The summed E-state index contributed by atoms with van der Waals surface area (Å²) >= 11 is 0. The monoisotopic (exact) mass is 1170 g/mol. The van der Waals surface area contributed by atoms with Crippen LogP contribution in [0.3, 0.4) is 0 Å². The lowest BCUT2D eigenvalue weighted by atomic mass is 9.47. The average Bonchev–Trinajstić information content (AvgIpc) is 1.44. The Morgan fingerprint density at radius 3 is 2.00 bits per heavy atom. The van der Waals surface area contributed by atoms with Crippen LogP contribution in [0.5, 0.6) is 5.75 Å². The molecule has 5 unspecified atom stereocenters. The maximum atomic E-state index is 15.4. The molecule has 11 N–H and O–H groups in total. The molecule has 0 radical (unpaired) electrons. The van der Waals surface area contributed by atoms with Crippen LogP contribution in [-0.4, -0.2) is 211 Å². The van der Waals surface area contributed by atoms with Gasteiger partial charge in [-0.25, -0.2) is 19.2 Å². The molecule has 1 spiro atoms. The molecule has 84 heavy (non-hydrogen) atoms. The average molecular weight is 1170 g/mol. The van der Waals surface area contributed by atoms with E-state index < -0.39 is 88.3 Å². The molecule has 10 rings (SSSR count). The minimum atomic E-state index is -2.27. The third kappa shape index (κ3) is 10.7. The second-order valence-electron chi connectivity index (χ2n) is 22.3. The Morgan fingerprint density at radius 1 is 0.810 bits per heavy atom. The van der Waals surface area contributed by atoms with Crippen LogP contribution in [0.2, 0.25) is 0 Å². The Hall–Kier alpha value is -7.71. The Morgan fingerprint density at radius 2 is 1.43 bits per heavy atom. The van der Waals surface area contributed by atoms with Gasteiger partial charge in [0.2, 0.25) is 0 Å². The number of aliphatic hydroxyl groups excluding tert-OH is 4. The third-order valence-electron chi connectivity index (χ3n) is 17.8. The fourth-order valence-corrected chi connectivity index (χ4v) is 14.5. The predicted molar refractivity (Wildman–Crippen MR) is 300 cm³/mol. The maximum absolute atomic E-state index is 15.4. The number of carbonyl (C=O) groups excluding carboxylic acids is 3. The van der Waals surface area contributed by atoms with E-state index in [0.717, 1.165) is 78.0 Å². The van der Waals surface area contributed by atoms with Crippen LogP contribution >= 0.6 is 0 Å². The summed E-state index contributed by atoms with van der Waals surface area (Å²) in [5, 5.41) is 83.2. The highest BCUT2D eigenvalue weighted by Gasteiger charge is 2.78. The number of aliphatic hydroxyl groups is 5. The van der Waals surface area contributed by atoms with E-state index in [1.807, 2.05) is 31.3 Å². The van der Waals surface area contributed by atoms with Crippen molar-refractivity contribution in [2.45, 2.75) is 112 Å². The fourth-order valence-electron chi connectivity index (χ4n) is 14.5.